The summed E-state index contributed by atoms with van der Waals surface area (Å²) in [4.78, 5) is 25.5. The van der Waals surface area contributed by atoms with Crippen LogP contribution in [0.3, 0.4) is 0 Å². The third-order valence-electron chi connectivity index (χ3n) is 4.26. The fraction of sp³-hybridized carbons (Fsp3) is 0.143. The van der Waals surface area contributed by atoms with Gasteiger partial charge in [0, 0.05) is 29.7 Å². The van der Waals surface area contributed by atoms with E-state index >= 15 is 0 Å². The summed E-state index contributed by atoms with van der Waals surface area (Å²) in [5.74, 6) is 5.88. The first-order valence-corrected chi connectivity index (χ1v) is 8.62. The van der Waals surface area contributed by atoms with Gasteiger partial charge >= 0.3 is 6.03 Å². The van der Waals surface area contributed by atoms with Crippen molar-refractivity contribution >= 4 is 28.6 Å². The number of para-hydroxylation sites is 1. The summed E-state index contributed by atoms with van der Waals surface area (Å²) in [6, 6.07) is 16.5. The van der Waals surface area contributed by atoms with Crippen LogP contribution in [0, 0.1) is 11.8 Å². The number of anilines is 1. The van der Waals surface area contributed by atoms with Crippen molar-refractivity contribution in [3.63, 3.8) is 0 Å². The zero-order valence-corrected chi connectivity index (χ0v) is 14.5. The molecule has 0 atom stereocenters. The van der Waals surface area contributed by atoms with Crippen molar-refractivity contribution in [2.45, 2.75) is 0 Å². The number of nitrogens with one attached hydrogen (secondary N) is 2. The Morgan fingerprint density at radius 1 is 1.19 bits per heavy atom. The van der Waals surface area contributed by atoms with E-state index in [1.807, 2.05) is 48.5 Å². The lowest BCUT2D eigenvalue weighted by molar-refractivity contribution is 0.0933. The summed E-state index contributed by atoms with van der Waals surface area (Å²) >= 11 is 0. The number of benzene rings is 2. The molecule has 3 amide bonds. The second-order valence-corrected chi connectivity index (χ2v) is 6.06. The summed E-state index contributed by atoms with van der Waals surface area (Å²) in [7, 11) is 0. The molecule has 6 nitrogen and oxygen atoms in total. The van der Waals surface area contributed by atoms with E-state index in [2.05, 4.69) is 22.5 Å². The number of amides is 3. The number of nitrogens with zero attached hydrogens (tertiary/aromatic N) is 1. The molecule has 6 heteroatoms. The normalized spacial score (nSPS) is 13.2. The molecule has 1 saturated heterocycles. The molecule has 0 spiro atoms. The van der Waals surface area contributed by atoms with E-state index in [0.717, 1.165) is 16.6 Å². The molecule has 2 aromatic carbocycles. The largest absolute Gasteiger partial charge is 0.451 e. The molecule has 2 N–H and O–H groups in total. The minimum Gasteiger partial charge on any atom is -0.451 e. The van der Waals surface area contributed by atoms with Gasteiger partial charge < -0.3 is 15.1 Å². The second kappa shape index (κ2) is 7.26. The van der Waals surface area contributed by atoms with Gasteiger partial charge in [0.05, 0.1) is 6.54 Å². The average Bonchev–Trinajstić information content (AvgIpc) is 3.31. The Labute approximate surface area is 156 Å². The van der Waals surface area contributed by atoms with Crippen LogP contribution in [0.4, 0.5) is 10.5 Å². The van der Waals surface area contributed by atoms with E-state index < -0.39 is 0 Å². The number of hydrogen-bond donors (Lipinski definition) is 2. The lowest BCUT2D eigenvalue weighted by Gasteiger charge is -2.13. The minimum absolute atomic E-state index is 0.0814. The zero-order chi connectivity index (χ0) is 18.6. The Hall–Kier alpha value is -3.72. The van der Waals surface area contributed by atoms with Gasteiger partial charge in [0.25, 0.3) is 5.91 Å². The molecule has 4 rings (SSSR count). The molecular weight excluding hydrogens is 342 g/mol. The van der Waals surface area contributed by atoms with Gasteiger partial charge in [-0.1, -0.05) is 30.0 Å². The molecule has 1 fully saturated rings. The van der Waals surface area contributed by atoms with Crippen molar-refractivity contribution in [3.05, 3.63) is 65.9 Å². The van der Waals surface area contributed by atoms with Gasteiger partial charge in [-0.05, 0) is 36.4 Å². The van der Waals surface area contributed by atoms with E-state index in [1.165, 1.54) is 0 Å². The molecule has 1 aliphatic heterocycles. The summed E-state index contributed by atoms with van der Waals surface area (Å²) in [5.41, 5.74) is 2.34. The average molecular weight is 359 g/mol. The van der Waals surface area contributed by atoms with Crippen molar-refractivity contribution < 1.29 is 14.0 Å². The SMILES string of the molecule is O=C(NCC#Cc1ccc(N2CCNC2=O)cc1)c1cc2ccccc2o1. The first kappa shape index (κ1) is 16.7. The maximum atomic E-state index is 12.1. The lowest BCUT2D eigenvalue weighted by Crippen LogP contribution is -2.27. The van der Waals surface area contributed by atoms with E-state index in [0.29, 0.717) is 18.7 Å². The van der Waals surface area contributed by atoms with Crippen LogP contribution in [-0.2, 0) is 0 Å². The van der Waals surface area contributed by atoms with Crippen LogP contribution in [0.1, 0.15) is 16.1 Å². The second-order valence-electron chi connectivity index (χ2n) is 6.06. The number of urea groups is 1. The van der Waals surface area contributed by atoms with Crippen LogP contribution < -0.4 is 15.5 Å². The fourth-order valence-corrected chi connectivity index (χ4v) is 2.89. The smallest absolute Gasteiger partial charge is 0.321 e. The van der Waals surface area contributed by atoms with Gasteiger partial charge in [0.1, 0.15) is 5.58 Å². The molecule has 0 radical (unpaired) electrons. The number of hydrogen-bond acceptors (Lipinski definition) is 3. The van der Waals surface area contributed by atoms with Gasteiger partial charge in [0.2, 0.25) is 0 Å². The number of rotatable bonds is 3. The van der Waals surface area contributed by atoms with Crippen LogP contribution in [0.5, 0.6) is 0 Å². The maximum Gasteiger partial charge on any atom is 0.321 e. The fourth-order valence-electron chi connectivity index (χ4n) is 2.89. The Morgan fingerprint density at radius 2 is 2.00 bits per heavy atom. The lowest BCUT2D eigenvalue weighted by atomic mass is 10.2. The summed E-state index contributed by atoms with van der Waals surface area (Å²) in [5, 5.41) is 6.38. The molecule has 0 saturated carbocycles. The first-order valence-electron chi connectivity index (χ1n) is 8.62. The van der Waals surface area contributed by atoms with E-state index in [9.17, 15) is 9.59 Å². The van der Waals surface area contributed by atoms with Crippen LogP contribution in [0.25, 0.3) is 11.0 Å². The summed E-state index contributed by atoms with van der Waals surface area (Å²) < 4.78 is 5.52. The molecule has 1 aliphatic rings. The Bertz CT molecular complexity index is 1020. The highest BCUT2D eigenvalue weighted by Gasteiger charge is 2.20. The molecule has 2 heterocycles. The van der Waals surface area contributed by atoms with E-state index in [4.69, 9.17) is 4.42 Å². The molecule has 0 aliphatic carbocycles. The van der Waals surface area contributed by atoms with Crippen LogP contribution in [-0.4, -0.2) is 31.6 Å². The predicted octanol–water partition coefficient (Wildman–Crippen LogP) is 2.74. The van der Waals surface area contributed by atoms with Crippen molar-refractivity contribution in [1.29, 1.82) is 0 Å². The van der Waals surface area contributed by atoms with Gasteiger partial charge in [-0.25, -0.2) is 4.79 Å². The summed E-state index contributed by atoms with van der Waals surface area (Å²) in [6.07, 6.45) is 0. The van der Waals surface area contributed by atoms with Crippen LogP contribution in [0.2, 0.25) is 0 Å². The molecule has 134 valence electrons. The van der Waals surface area contributed by atoms with Gasteiger partial charge in [-0.3, -0.25) is 9.69 Å². The standard InChI is InChI=1S/C21H17N3O3/c25-20(19-14-16-5-1-2-6-18(16)27-19)22-11-3-4-15-7-9-17(10-8-15)24-13-12-23-21(24)26/h1-2,5-10,14H,11-13H2,(H,22,25)(H,23,26). The van der Waals surface area contributed by atoms with Crippen molar-refractivity contribution in [2.75, 3.05) is 24.5 Å². The highest BCUT2D eigenvalue weighted by Crippen LogP contribution is 2.18. The van der Waals surface area contributed by atoms with E-state index in [-0.39, 0.29) is 24.2 Å². The van der Waals surface area contributed by atoms with Crippen molar-refractivity contribution in [2.24, 2.45) is 0 Å². The van der Waals surface area contributed by atoms with E-state index in [1.54, 1.807) is 11.0 Å². The monoisotopic (exact) mass is 359 g/mol. The highest BCUT2D eigenvalue weighted by molar-refractivity contribution is 5.96. The number of carbonyl (C=O) groups is 2. The topological polar surface area (TPSA) is 74.6 Å². The van der Waals surface area contributed by atoms with Gasteiger partial charge in [-0.15, -0.1) is 0 Å². The van der Waals surface area contributed by atoms with Crippen LogP contribution >= 0.6 is 0 Å². The number of furan rings is 1. The van der Waals surface area contributed by atoms with Crippen molar-refractivity contribution in [3.8, 4) is 11.8 Å². The maximum absolute atomic E-state index is 12.1. The molecule has 0 unspecified atom stereocenters. The Balaban J connectivity index is 1.34. The molecule has 0 bridgehead atoms. The molecular formula is C21H17N3O3. The third-order valence-corrected chi connectivity index (χ3v) is 4.26. The molecule has 1 aromatic heterocycles. The third kappa shape index (κ3) is 3.62. The molecule has 27 heavy (non-hydrogen) atoms. The van der Waals surface area contributed by atoms with Gasteiger partial charge in [-0.2, -0.15) is 0 Å². The molecule has 3 aromatic rings. The first-order chi connectivity index (χ1) is 13.2. The zero-order valence-electron chi connectivity index (χ0n) is 14.5. The Morgan fingerprint density at radius 3 is 2.74 bits per heavy atom. The number of fused-ring (bicyclic) bond motifs is 1. The highest BCUT2D eigenvalue weighted by atomic mass is 16.3. The minimum atomic E-state index is -0.295. The van der Waals surface area contributed by atoms with Crippen molar-refractivity contribution in [1.82, 2.24) is 10.6 Å². The van der Waals surface area contributed by atoms with Gasteiger partial charge in [0.15, 0.2) is 5.76 Å². The summed E-state index contributed by atoms with van der Waals surface area (Å²) in [6.45, 7) is 1.54. The Kier molecular flexibility index (Phi) is 4.50. The predicted molar refractivity (Wildman–Crippen MR) is 103 cm³/mol. The number of carbonyl (C=O) groups excluding carboxylic acids is 2. The quantitative estimate of drug-likeness (QED) is 0.706. The van der Waals surface area contributed by atoms with Crippen LogP contribution in [0.15, 0.2) is 59.0 Å².